The van der Waals surface area contributed by atoms with Gasteiger partial charge in [0.1, 0.15) is 5.75 Å². The molecule has 0 radical (unpaired) electrons. The molecule has 1 heterocycles. The van der Waals surface area contributed by atoms with Gasteiger partial charge in [-0.25, -0.2) is 9.78 Å². The van der Waals surface area contributed by atoms with Gasteiger partial charge in [-0.1, -0.05) is 11.6 Å². The van der Waals surface area contributed by atoms with E-state index in [-0.39, 0.29) is 11.4 Å². The molecule has 0 spiro atoms. The molecule has 130 valence electrons. The number of nitrogens with zero attached hydrogens (tertiary/aromatic N) is 2. The maximum atomic E-state index is 12.0. The highest BCUT2D eigenvalue weighted by Gasteiger charge is 2.12. The number of phenolic OH excluding ortho intramolecular Hbond substituents is 1. The molecule has 8 heteroatoms. The second-order valence-corrected chi connectivity index (χ2v) is 7.12. The van der Waals surface area contributed by atoms with Crippen LogP contribution >= 0.6 is 22.9 Å². The molecule has 0 bridgehead atoms. The molecule has 2 rings (SSSR count). The zero-order valence-electron chi connectivity index (χ0n) is 14.1. The molecule has 2 aromatic rings. The lowest BCUT2D eigenvalue weighted by Gasteiger charge is -2.19. The Morgan fingerprint density at radius 3 is 2.79 bits per heavy atom. The Morgan fingerprint density at radius 2 is 2.12 bits per heavy atom. The third-order valence-corrected chi connectivity index (χ3v) is 4.80. The number of nitrogens with one attached hydrogen (secondary N) is 2. The number of thiazole rings is 1. The monoisotopic (exact) mass is 368 g/mol. The summed E-state index contributed by atoms with van der Waals surface area (Å²) in [5, 5.41) is 18.0. The summed E-state index contributed by atoms with van der Waals surface area (Å²) in [5.74, 6) is -0.0366. The Kier molecular flexibility index (Phi) is 6.04. The van der Waals surface area contributed by atoms with Gasteiger partial charge in [-0.15, -0.1) is 11.3 Å². The number of benzene rings is 1. The molecule has 0 fully saturated rings. The number of amides is 2. The summed E-state index contributed by atoms with van der Waals surface area (Å²) in [5.41, 5.74) is 1.88. The van der Waals surface area contributed by atoms with Gasteiger partial charge >= 0.3 is 6.03 Å². The van der Waals surface area contributed by atoms with Crippen LogP contribution < -0.4 is 10.6 Å². The molecule has 0 aliphatic carbocycles. The second kappa shape index (κ2) is 7.83. The molecule has 0 unspecified atom stereocenters. The van der Waals surface area contributed by atoms with E-state index >= 15 is 0 Å². The second-order valence-electron chi connectivity index (χ2n) is 5.85. The first-order chi connectivity index (χ1) is 11.3. The van der Waals surface area contributed by atoms with Crippen molar-refractivity contribution in [2.24, 2.45) is 0 Å². The predicted molar refractivity (Wildman–Crippen MR) is 99.2 cm³/mol. The fourth-order valence-electron chi connectivity index (χ4n) is 1.89. The third-order valence-electron chi connectivity index (χ3n) is 3.59. The predicted octanol–water partition coefficient (Wildman–Crippen LogP) is 4.29. The minimum atomic E-state index is -0.483. The Hall–Kier alpha value is -1.83. The molecule has 3 N–H and O–H groups in total. The van der Waals surface area contributed by atoms with Gasteiger partial charge in [0.05, 0.1) is 11.4 Å². The van der Waals surface area contributed by atoms with Gasteiger partial charge in [-0.3, -0.25) is 10.2 Å². The normalized spacial score (nSPS) is 11.1. The Morgan fingerprint density at radius 1 is 1.42 bits per heavy atom. The molecule has 1 aromatic heterocycles. The number of aromatic hydroxyl groups is 1. The Balaban J connectivity index is 1.98. The van der Waals surface area contributed by atoms with Crippen molar-refractivity contribution in [2.75, 3.05) is 17.7 Å². The highest BCUT2D eigenvalue weighted by molar-refractivity contribution is 7.13. The zero-order valence-corrected chi connectivity index (χ0v) is 15.6. The van der Waals surface area contributed by atoms with Gasteiger partial charge in [-0.2, -0.15) is 0 Å². The maximum absolute atomic E-state index is 12.0. The number of anilines is 2. The van der Waals surface area contributed by atoms with E-state index in [9.17, 15) is 9.90 Å². The van der Waals surface area contributed by atoms with Crippen LogP contribution in [0.1, 0.15) is 25.1 Å². The van der Waals surface area contributed by atoms with Crippen LogP contribution in [0.3, 0.4) is 0 Å². The highest BCUT2D eigenvalue weighted by atomic mass is 35.5. The number of urea groups is 1. The summed E-state index contributed by atoms with van der Waals surface area (Å²) in [7, 11) is 2.02. The number of carbonyl (C=O) groups excluding carboxylic acids is 1. The van der Waals surface area contributed by atoms with Crippen molar-refractivity contribution in [3.05, 3.63) is 33.8 Å². The third kappa shape index (κ3) is 4.83. The summed E-state index contributed by atoms with van der Waals surface area (Å²) in [6.07, 6.45) is 0. The minimum absolute atomic E-state index is 0.0366. The quantitative estimate of drug-likeness (QED) is 0.688. The maximum Gasteiger partial charge on any atom is 0.325 e. The van der Waals surface area contributed by atoms with E-state index in [2.05, 4.69) is 34.4 Å². The van der Waals surface area contributed by atoms with E-state index in [1.807, 2.05) is 12.4 Å². The van der Waals surface area contributed by atoms with Crippen LogP contribution in [0.5, 0.6) is 5.75 Å². The van der Waals surface area contributed by atoms with Crippen molar-refractivity contribution < 1.29 is 9.90 Å². The molecule has 1 aromatic carbocycles. The largest absolute Gasteiger partial charge is 0.506 e. The average molecular weight is 369 g/mol. The SMILES string of the molecule is Cc1cc(O)c(NC(=O)Nc2nc(CN(C)C(C)C)cs2)cc1Cl. The lowest BCUT2D eigenvalue weighted by atomic mass is 10.2. The average Bonchev–Trinajstić information content (AvgIpc) is 2.91. The number of carbonyl (C=O) groups is 1. The molecule has 6 nitrogen and oxygen atoms in total. The first-order valence-corrected chi connectivity index (χ1v) is 8.73. The van der Waals surface area contributed by atoms with E-state index < -0.39 is 6.03 Å². The summed E-state index contributed by atoms with van der Waals surface area (Å²) in [6.45, 7) is 6.71. The number of aryl methyl sites for hydroxylation is 1. The van der Waals surface area contributed by atoms with Crippen LogP contribution in [-0.4, -0.2) is 34.1 Å². The molecule has 0 aliphatic rings. The fourth-order valence-corrected chi connectivity index (χ4v) is 2.75. The summed E-state index contributed by atoms with van der Waals surface area (Å²) < 4.78 is 0. The number of phenols is 1. The minimum Gasteiger partial charge on any atom is -0.506 e. The summed E-state index contributed by atoms with van der Waals surface area (Å²) >= 11 is 7.36. The lowest BCUT2D eigenvalue weighted by Crippen LogP contribution is -2.25. The molecule has 2 amide bonds. The highest BCUT2D eigenvalue weighted by Crippen LogP contribution is 2.30. The standard InChI is InChI=1S/C16H21ClN4O2S/c1-9(2)21(4)7-11-8-24-16(18-11)20-15(23)19-13-6-12(17)10(3)5-14(13)22/h5-6,8-9,22H,7H2,1-4H3,(H2,18,19,20,23). The molecule has 24 heavy (non-hydrogen) atoms. The van der Waals surface area contributed by atoms with E-state index in [1.165, 1.54) is 23.5 Å². The molecule has 0 aliphatic heterocycles. The van der Waals surface area contributed by atoms with E-state index in [1.54, 1.807) is 6.92 Å². The van der Waals surface area contributed by atoms with Crippen LogP contribution in [0, 0.1) is 6.92 Å². The fraction of sp³-hybridized carbons (Fsp3) is 0.375. The van der Waals surface area contributed by atoms with Crippen LogP contribution in [0.15, 0.2) is 17.5 Å². The number of aromatic nitrogens is 1. The molecule has 0 saturated carbocycles. The molecule has 0 saturated heterocycles. The number of hydrogen-bond donors (Lipinski definition) is 3. The molecular formula is C16H21ClN4O2S. The van der Waals surface area contributed by atoms with Crippen LogP contribution in [0.25, 0.3) is 0 Å². The first kappa shape index (κ1) is 18.5. The van der Waals surface area contributed by atoms with Gasteiger partial charge in [0.2, 0.25) is 0 Å². The van der Waals surface area contributed by atoms with Crippen LogP contribution in [0.2, 0.25) is 5.02 Å². The zero-order chi connectivity index (χ0) is 17.9. The van der Waals surface area contributed by atoms with Crippen molar-refractivity contribution >= 4 is 39.8 Å². The summed E-state index contributed by atoms with van der Waals surface area (Å²) in [6, 6.07) is 2.95. The number of rotatable bonds is 5. The van der Waals surface area contributed by atoms with E-state index in [0.29, 0.717) is 22.7 Å². The van der Waals surface area contributed by atoms with Gasteiger partial charge < -0.3 is 10.4 Å². The Bertz CT molecular complexity index is 733. The van der Waals surface area contributed by atoms with Crippen molar-refractivity contribution in [1.82, 2.24) is 9.88 Å². The van der Waals surface area contributed by atoms with Gasteiger partial charge in [0.15, 0.2) is 5.13 Å². The van der Waals surface area contributed by atoms with Gasteiger partial charge in [-0.05, 0) is 45.5 Å². The van der Waals surface area contributed by atoms with E-state index in [4.69, 9.17) is 11.6 Å². The summed E-state index contributed by atoms with van der Waals surface area (Å²) in [4.78, 5) is 18.6. The Labute approximate surface area is 150 Å². The van der Waals surface area contributed by atoms with Crippen molar-refractivity contribution in [3.8, 4) is 5.75 Å². The molecular weight excluding hydrogens is 348 g/mol. The van der Waals surface area contributed by atoms with Crippen LogP contribution in [-0.2, 0) is 6.54 Å². The van der Waals surface area contributed by atoms with Crippen molar-refractivity contribution in [2.45, 2.75) is 33.4 Å². The van der Waals surface area contributed by atoms with Crippen LogP contribution in [0.4, 0.5) is 15.6 Å². The van der Waals surface area contributed by atoms with E-state index in [0.717, 1.165) is 11.3 Å². The van der Waals surface area contributed by atoms with Gasteiger partial charge in [0.25, 0.3) is 0 Å². The number of halogens is 1. The van der Waals surface area contributed by atoms with Crippen molar-refractivity contribution in [1.29, 1.82) is 0 Å². The smallest absolute Gasteiger partial charge is 0.325 e. The van der Waals surface area contributed by atoms with Crippen molar-refractivity contribution in [3.63, 3.8) is 0 Å². The molecule has 0 atom stereocenters. The van der Waals surface area contributed by atoms with Gasteiger partial charge in [0, 0.05) is 23.0 Å². The lowest BCUT2D eigenvalue weighted by molar-refractivity contribution is 0.261. The first-order valence-electron chi connectivity index (χ1n) is 7.48. The topological polar surface area (TPSA) is 77.5 Å². The number of hydrogen-bond acceptors (Lipinski definition) is 5.